The number of fused-ring (bicyclic) bond motifs is 8. The Bertz CT molecular complexity index is 3330. The van der Waals surface area contributed by atoms with Gasteiger partial charge in [-0.3, -0.25) is 4.90 Å². The summed E-state index contributed by atoms with van der Waals surface area (Å²) < 4.78 is 0. The van der Waals surface area contributed by atoms with Crippen LogP contribution >= 0.6 is 0 Å². The van der Waals surface area contributed by atoms with Crippen molar-refractivity contribution < 1.29 is 0 Å². The molecule has 0 saturated carbocycles. The highest BCUT2D eigenvalue weighted by atomic mass is 15.3. The molecule has 0 fully saturated rings. The summed E-state index contributed by atoms with van der Waals surface area (Å²) in [6.07, 6.45) is 0. The smallest absolute Gasteiger partial charge is 0.251 e. The zero-order valence-corrected chi connectivity index (χ0v) is 37.9. The maximum atomic E-state index is 4.10. The summed E-state index contributed by atoms with van der Waals surface area (Å²) in [6, 6.07) is 81.0. The lowest BCUT2D eigenvalue weighted by atomic mass is 9.29. The number of anilines is 3. The molecule has 2 aromatic heterocycles. The molecule has 0 saturated heterocycles. The Morgan fingerprint density at radius 2 is 0.687 bits per heavy atom. The molecule has 11 aromatic rings. The van der Waals surface area contributed by atoms with Gasteiger partial charge in [-0.15, -0.1) is 0 Å². The molecule has 0 bridgehead atoms. The first-order chi connectivity index (χ1) is 32.9. The van der Waals surface area contributed by atoms with Gasteiger partial charge in [0.05, 0.1) is 0 Å². The van der Waals surface area contributed by atoms with Crippen LogP contribution in [0, 0.1) is 0 Å². The summed E-state index contributed by atoms with van der Waals surface area (Å²) in [5.74, 6) is 2.22. The number of H-pyrrole nitrogens is 2. The van der Waals surface area contributed by atoms with E-state index in [4.69, 9.17) is 0 Å². The maximum absolute atomic E-state index is 4.10. The van der Waals surface area contributed by atoms with Crippen molar-refractivity contribution in [3.8, 4) is 44.5 Å². The normalized spacial score (nSPS) is 12.9. The van der Waals surface area contributed by atoms with Crippen LogP contribution in [0.1, 0.15) is 26.3 Å². The largest absolute Gasteiger partial charge is 0.341 e. The number of aromatic nitrogens is 2. The first-order valence-electron chi connectivity index (χ1n) is 23.6. The van der Waals surface area contributed by atoms with E-state index in [1.165, 1.54) is 99.3 Å². The fourth-order valence-electron chi connectivity index (χ4n) is 11.5. The van der Waals surface area contributed by atoms with Crippen LogP contribution in [0.3, 0.4) is 0 Å². The van der Waals surface area contributed by atoms with E-state index in [1.54, 1.807) is 0 Å². The Morgan fingerprint density at radius 1 is 0.358 bits per heavy atom. The van der Waals surface area contributed by atoms with Crippen molar-refractivity contribution in [2.24, 2.45) is 0 Å². The van der Waals surface area contributed by atoms with Gasteiger partial charge in [-0.05, 0) is 100 Å². The highest BCUT2D eigenvalue weighted by Gasteiger charge is 2.49. The predicted molar refractivity (Wildman–Crippen MR) is 287 cm³/mol. The van der Waals surface area contributed by atoms with Crippen LogP contribution in [-0.2, 0) is 5.41 Å². The van der Waals surface area contributed by atoms with Crippen LogP contribution < -0.4 is 37.7 Å². The van der Waals surface area contributed by atoms with E-state index in [9.17, 15) is 0 Å². The Kier molecular flexibility index (Phi) is 8.98. The average Bonchev–Trinajstić information content (AvgIpc) is 3.96. The first kappa shape index (κ1) is 39.4. The minimum atomic E-state index is -0.172. The molecule has 67 heavy (non-hydrogen) atoms. The van der Waals surface area contributed by atoms with E-state index in [-0.39, 0.29) is 18.8 Å². The number of nitrogens with zero attached hydrogens (tertiary/aromatic N) is 1. The molecule has 0 aliphatic carbocycles. The van der Waals surface area contributed by atoms with Crippen LogP contribution in [0.25, 0.3) is 66.3 Å². The number of benzene rings is 9. The zero-order chi connectivity index (χ0) is 44.8. The molecule has 2 N–H and O–H groups in total. The Balaban J connectivity index is 1.23. The van der Waals surface area contributed by atoms with Crippen molar-refractivity contribution >= 4 is 85.3 Å². The second kappa shape index (κ2) is 15.3. The van der Waals surface area contributed by atoms with Crippen molar-refractivity contribution in [3.63, 3.8) is 0 Å². The van der Waals surface area contributed by atoms with E-state index in [0.29, 0.717) is 0 Å². The summed E-state index contributed by atoms with van der Waals surface area (Å²) in [5.41, 5.74) is 22.3. The number of hydrogen-bond donors (Lipinski definition) is 2. The van der Waals surface area contributed by atoms with E-state index >= 15 is 0 Å². The Hall–Kier alpha value is -8.01. The molecule has 0 spiro atoms. The number of para-hydroxylation sites is 2. The van der Waals surface area contributed by atoms with E-state index in [2.05, 4.69) is 254 Å². The van der Waals surface area contributed by atoms with Gasteiger partial charge in [0, 0.05) is 16.7 Å². The van der Waals surface area contributed by atoms with E-state index < -0.39 is 0 Å². The number of hydrogen-bond acceptors (Lipinski definition) is 1. The van der Waals surface area contributed by atoms with Gasteiger partial charge in [0.25, 0.3) is 13.4 Å². The number of nitrogens with one attached hydrogen (secondary N) is 2. The second-order valence-corrected chi connectivity index (χ2v) is 19.3. The van der Waals surface area contributed by atoms with Crippen molar-refractivity contribution in [1.82, 2.24) is 9.97 Å². The molecule has 0 radical (unpaired) electrons. The lowest BCUT2D eigenvalue weighted by Crippen LogP contribution is -2.65. The predicted octanol–water partition coefficient (Wildman–Crippen LogP) is 11.7. The molecule has 0 amide bonds. The number of aromatic amines is 2. The minimum Gasteiger partial charge on any atom is -0.341 e. The summed E-state index contributed by atoms with van der Waals surface area (Å²) in [7, 11) is 0. The third kappa shape index (κ3) is 6.15. The summed E-state index contributed by atoms with van der Waals surface area (Å²) in [6.45, 7) is 6.85. The van der Waals surface area contributed by atoms with Gasteiger partial charge in [0.2, 0.25) is 0 Å². The number of rotatable bonds is 6. The topological polar surface area (TPSA) is 34.8 Å². The third-order valence-electron chi connectivity index (χ3n) is 14.5. The monoisotopic (exact) mass is 855 g/mol. The van der Waals surface area contributed by atoms with Crippen LogP contribution in [0.15, 0.2) is 218 Å². The molecule has 316 valence electrons. The second-order valence-electron chi connectivity index (χ2n) is 19.3. The van der Waals surface area contributed by atoms with Gasteiger partial charge in [0.15, 0.2) is 0 Å². The minimum absolute atomic E-state index is 0.144. The summed E-state index contributed by atoms with van der Waals surface area (Å²) in [5, 5.41) is 2.47. The Labute approximate surface area is 393 Å². The molecule has 0 unspecified atom stereocenters. The van der Waals surface area contributed by atoms with E-state index in [1.807, 2.05) is 0 Å². The van der Waals surface area contributed by atoms with Gasteiger partial charge in [-0.1, -0.05) is 238 Å². The molecular weight excluding hydrogens is 808 g/mol. The van der Waals surface area contributed by atoms with Crippen molar-refractivity contribution in [2.75, 3.05) is 4.90 Å². The van der Waals surface area contributed by atoms with Crippen molar-refractivity contribution in [2.45, 2.75) is 26.2 Å². The molecule has 0 atom stereocenters. The van der Waals surface area contributed by atoms with Gasteiger partial charge in [-0.2, -0.15) is 0 Å². The van der Waals surface area contributed by atoms with Gasteiger partial charge in [0.1, 0.15) is 11.6 Å². The van der Waals surface area contributed by atoms with Gasteiger partial charge >= 0.3 is 0 Å². The van der Waals surface area contributed by atoms with Crippen LogP contribution in [-0.4, -0.2) is 23.4 Å². The average molecular weight is 856 g/mol. The standard InChI is InChI=1S/C62H47B2N3/c1-62(2,3)44-38-51-59-52(39-44)64(56-47(42-26-12-6-13-27-42)34-21-35-48(56)43-28-14-7-15-29-43)58-50-31-17-19-37-54(50)66-61(58)67(59)60-57(49-30-16-18-36-53(49)65-60)63(51)55-45(40-22-8-4-9-23-40)32-20-33-46(55)41-24-10-5-11-25-41/h4-39,65-66H,1-3H3. The molecule has 2 aliphatic heterocycles. The highest BCUT2D eigenvalue weighted by molar-refractivity contribution is 7.05. The first-order valence-corrected chi connectivity index (χ1v) is 23.6. The molecule has 5 heteroatoms. The molecular formula is C62H47B2N3. The fraction of sp³-hybridized carbons (Fsp3) is 0.0645. The van der Waals surface area contributed by atoms with Crippen LogP contribution in [0.5, 0.6) is 0 Å². The fourth-order valence-corrected chi connectivity index (χ4v) is 11.5. The molecule has 13 rings (SSSR count). The maximum Gasteiger partial charge on any atom is 0.251 e. The van der Waals surface area contributed by atoms with Crippen LogP contribution in [0.4, 0.5) is 17.3 Å². The van der Waals surface area contributed by atoms with E-state index in [0.717, 1.165) is 22.7 Å². The SMILES string of the molecule is CC(C)(C)c1cc2c3c(c1)B(c1c(-c4ccccc4)cccc1-c1ccccc1)c1c([nH]c4ccccc14)N3c1[nH]c3ccccc3c1B2c1c(-c2ccccc2)cccc1-c1ccccc1. The van der Waals surface area contributed by atoms with Crippen molar-refractivity contribution in [1.29, 1.82) is 0 Å². The summed E-state index contributed by atoms with van der Waals surface area (Å²) in [4.78, 5) is 10.8. The summed E-state index contributed by atoms with van der Waals surface area (Å²) >= 11 is 0. The lowest BCUT2D eigenvalue weighted by molar-refractivity contribution is 0.591. The zero-order valence-electron chi connectivity index (χ0n) is 37.9. The van der Waals surface area contributed by atoms with Crippen LogP contribution in [0.2, 0.25) is 0 Å². The highest BCUT2D eigenvalue weighted by Crippen LogP contribution is 2.43. The molecule has 2 aliphatic rings. The molecule has 4 heterocycles. The molecule has 3 nitrogen and oxygen atoms in total. The molecule has 9 aromatic carbocycles. The Morgan fingerprint density at radius 3 is 1.03 bits per heavy atom. The third-order valence-corrected chi connectivity index (χ3v) is 14.5. The van der Waals surface area contributed by atoms with Crippen molar-refractivity contribution in [3.05, 3.63) is 224 Å². The quantitative estimate of drug-likeness (QED) is 0.161. The van der Waals surface area contributed by atoms with Gasteiger partial charge in [-0.25, -0.2) is 0 Å². The lowest BCUT2D eigenvalue weighted by Gasteiger charge is -2.43. The van der Waals surface area contributed by atoms with Gasteiger partial charge < -0.3 is 9.97 Å².